The highest BCUT2D eigenvalue weighted by molar-refractivity contribution is 6.00. The third-order valence-electron chi connectivity index (χ3n) is 7.15. The van der Waals surface area contributed by atoms with Crippen molar-refractivity contribution in [1.82, 2.24) is 4.90 Å². The molecule has 0 aromatic heterocycles. The summed E-state index contributed by atoms with van der Waals surface area (Å²) in [6.45, 7) is 1.55. The molecule has 1 saturated heterocycles. The van der Waals surface area contributed by atoms with Crippen LogP contribution in [0, 0.1) is 0 Å². The summed E-state index contributed by atoms with van der Waals surface area (Å²) in [6, 6.07) is 25.4. The fraction of sp³-hybridized carbons (Fsp3) is 0.286. The van der Waals surface area contributed by atoms with Crippen LogP contribution >= 0.6 is 0 Å². The normalized spacial score (nSPS) is 22.9. The summed E-state index contributed by atoms with van der Waals surface area (Å²) >= 11 is 0. The molecule has 1 aliphatic carbocycles. The maximum atomic E-state index is 13.6. The highest BCUT2D eigenvalue weighted by atomic mass is 16.7. The van der Waals surface area contributed by atoms with E-state index < -0.39 is 23.2 Å². The second-order valence-corrected chi connectivity index (χ2v) is 8.80. The van der Waals surface area contributed by atoms with Crippen LogP contribution in [0.3, 0.4) is 0 Å². The van der Waals surface area contributed by atoms with Crippen molar-refractivity contribution in [3.8, 4) is 11.1 Å². The molecule has 1 aliphatic heterocycles. The Labute approximate surface area is 199 Å². The average molecular weight is 458 g/mol. The van der Waals surface area contributed by atoms with Crippen molar-refractivity contribution >= 4 is 11.8 Å². The lowest BCUT2D eigenvalue weighted by molar-refractivity contribution is -0.175. The number of benzene rings is 3. The first-order valence-corrected chi connectivity index (χ1v) is 11.3. The van der Waals surface area contributed by atoms with Crippen LogP contribution in [0.5, 0.6) is 0 Å². The van der Waals surface area contributed by atoms with E-state index in [1.165, 1.54) is 14.2 Å². The van der Waals surface area contributed by atoms with Crippen LogP contribution in [0.25, 0.3) is 11.1 Å². The number of rotatable bonds is 6. The number of methoxy groups -OCH3 is 2. The molecule has 34 heavy (non-hydrogen) atoms. The van der Waals surface area contributed by atoms with Crippen molar-refractivity contribution in [1.29, 1.82) is 0 Å². The lowest BCUT2D eigenvalue weighted by atomic mass is 9.78. The van der Waals surface area contributed by atoms with Gasteiger partial charge in [0.2, 0.25) is 0 Å². The smallest absolute Gasteiger partial charge is 0.326 e. The van der Waals surface area contributed by atoms with Gasteiger partial charge < -0.3 is 14.2 Å². The first kappa shape index (κ1) is 22.5. The second-order valence-electron chi connectivity index (χ2n) is 8.80. The monoisotopic (exact) mass is 457 g/mol. The van der Waals surface area contributed by atoms with Crippen LogP contribution in [0.4, 0.5) is 0 Å². The molecule has 0 N–H and O–H groups in total. The van der Waals surface area contributed by atoms with E-state index in [0.29, 0.717) is 0 Å². The topological polar surface area (TPSA) is 65.1 Å². The van der Waals surface area contributed by atoms with Gasteiger partial charge in [-0.15, -0.1) is 0 Å². The zero-order valence-electron chi connectivity index (χ0n) is 19.5. The van der Waals surface area contributed by atoms with Crippen molar-refractivity contribution < 1.29 is 23.8 Å². The van der Waals surface area contributed by atoms with Crippen LogP contribution in [-0.2, 0) is 29.3 Å². The number of ketones is 1. The van der Waals surface area contributed by atoms with Crippen LogP contribution in [0.2, 0.25) is 0 Å². The Kier molecular flexibility index (Phi) is 5.60. The van der Waals surface area contributed by atoms with E-state index in [4.69, 9.17) is 14.2 Å². The summed E-state index contributed by atoms with van der Waals surface area (Å²) in [5.41, 5.74) is 2.81. The van der Waals surface area contributed by atoms with Crippen molar-refractivity contribution in [3.05, 3.63) is 95.6 Å². The Morgan fingerprint density at radius 2 is 1.47 bits per heavy atom. The largest absolute Gasteiger partial charge is 0.468 e. The molecule has 0 bridgehead atoms. The summed E-state index contributed by atoms with van der Waals surface area (Å²) in [5, 5.41) is 0. The highest BCUT2D eigenvalue weighted by Crippen LogP contribution is 2.56. The van der Waals surface area contributed by atoms with Crippen molar-refractivity contribution in [2.75, 3.05) is 27.6 Å². The molecule has 3 aromatic rings. The molecule has 1 fully saturated rings. The summed E-state index contributed by atoms with van der Waals surface area (Å²) in [5.74, 6) is -0.723. The van der Waals surface area contributed by atoms with Gasteiger partial charge in [0.05, 0.1) is 19.2 Å². The lowest BCUT2D eigenvalue weighted by Crippen LogP contribution is -2.58. The van der Waals surface area contributed by atoms with Gasteiger partial charge in [-0.05, 0) is 34.7 Å². The molecule has 5 rings (SSSR count). The third kappa shape index (κ3) is 2.99. The minimum atomic E-state index is -1.43. The molecule has 0 amide bonds. The number of carbonyl (C=O) groups excluding carboxylic acids is 2. The van der Waals surface area contributed by atoms with Crippen LogP contribution < -0.4 is 0 Å². The fourth-order valence-corrected chi connectivity index (χ4v) is 5.65. The molecule has 2 aliphatic rings. The number of carbonyl (C=O) groups is 2. The maximum absolute atomic E-state index is 13.6. The Balaban J connectivity index is 1.84. The summed E-state index contributed by atoms with van der Waals surface area (Å²) in [6.07, 6.45) is 0. The van der Waals surface area contributed by atoms with Gasteiger partial charge in [0.25, 0.3) is 0 Å². The Hall–Kier alpha value is -3.32. The molecule has 3 aromatic carbocycles. The number of esters is 1. The van der Waals surface area contributed by atoms with E-state index in [2.05, 4.69) is 24.3 Å². The zero-order valence-corrected chi connectivity index (χ0v) is 19.5. The van der Waals surface area contributed by atoms with E-state index in [1.54, 1.807) is 6.92 Å². The van der Waals surface area contributed by atoms with Gasteiger partial charge in [-0.2, -0.15) is 0 Å². The van der Waals surface area contributed by atoms with Crippen LogP contribution in [-0.4, -0.2) is 55.9 Å². The van der Waals surface area contributed by atoms with Gasteiger partial charge in [0.1, 0.15) is 12.8 Å². The van der Waals surface area contributed by atoms with Gasteiger partial charge >= 0.3 is 5.97 Å². The molecule has 6 heteroatoms. The Bertz CT molecular complexity index is 1190. The van der Waals surface area contributed by atoms with Gasteiger partial charge in [-0.3, -0.25) is 14.5 Å². The van der Waals surface area contributed by atoms with Gasteiger partial charge in [-0.1, -0.05) is 78.9 Å². The SMILES string of the molecule is COCO[C@]1(C)C(=O)CN(C2(c3ccccc3)c3ccccc3-c3ccccc32)[C@@H]1C(=O)OC. The van der Waals surface area contributed by atoms with Gasteiger partial charge in [0, 0.05) is 7.11 Å². The first-order chi connectivity index (χ1) is 16.5. The Morgan fingerprint density at radius 1 is 0.912 bits per heavy atom. The van der Waals surface area contributed by atoms with E-state index >= 15 is 0 Å². The number of Topliss-reactive ketones (excluding diaryl/α,β-unsaturated/α-hetero) is 1. The number of hydrogen-bond donors (Lipinski definition) is 0. The average Bonchev–Trinajstić information content (AvgIpc) is 3.32. The predicted molar refractivity (Wildman–Crippen MR) is 127 cm³/mol. The molecular weight excluding hydrogens is 430 g/mol. The lowest BCUT2D eigenvalue weighted by Gasteiger charge is -2.44. The van der Waals surface area contributed by atoms with Crippen molar-refractivity contribution in [2.24, 2.45) is 0 Å². The molecule has 0 saturated carbocycles. The molecular formula is C28H27NO5. The summed E-state index contributed by atoms with van der Waals surface area (Å²) in [4.78, 5) is 28.9. The minimum Gasteiger partial charge on any atom is -0.468 e. The number of ether oxygens (including phenoxy) is 3. The predicted octanol–water partition coefficient (Wildman–Crippen LogP) is 3.76. The fourth-order valence-electron chi connectivity index (χ4n) is 5.65. The Morgan fingerprint density at radius 3 is 2.03 bits per heavy atom. The molecule has 0 spiro atoms. The zero-order chi connectivity index (χ0) is 23.9. The molecule has 1 heterocycles. The van der Waals surface area contributed by atoms with Gasteiger partial charge in [-0.25, -0.2) is 0 Å². The summed E-state index contributed by atoms with van der Waals surface area (Å²) < 4.78 is 16.3. The number of likely N-dealkylation sites (tertiary alicyclic amines) is 1. The molecule has 6 nitrogen and oxygen atoms in total. The number of fused-ring (bicyclic) bond motifs is 3. The van der Waals surface area contributed by atoms with E-state index in [-0.39, 0.29) is 19.1 Å². The maximum Gasteiger partial charge on any atom is 0.326 e. The first-order valence-electron chi connectivity index (χ1n) is 11.3. The van der Waals surface area contributed by atoms with Gasteiger partial charge in [0.15, 0.2) is 11.4 Å². The van der Waals surface area contributed by atoms with Crippen LogP contribution in [0.15, 0.2) is 78.9 Å². The quantitative estimate of drug-likeness (QED) is 0.415. The van der Waals surface area contributed by atoms with E-state index in [1.807, 2.05) is 59.5 Å². The van der Waals surface area contributed by atoms with Crippen molar-refractivity contribution in [3.63, 3.8) is 0 Å². The molecule has 174 valence electrons. The molecule has 2 atom stereocenters. The number of hydrogen-bond acceptors (Lipinski definition) is 6. The molecule has 0 radical (unpaired) electrons. The highest BCUT2D eigenvalue weighted by Gasteiger charge is 2.64. The standard InChI is InChI=1S/C28H27NO5/c1-27(34-18-32-2)24(30)17-29(25(27)26(31)33-3)28(19-11-5-4-6-12-19)22-15-9-7-13-20(22)21-14-8-10-16-23(21)28/h4-16,25H,17-18H2,1-3H3/t25-,27-/m1/s1. The summed E-state index contributed by atoms with van der Waals surface area (Å²) in [7, 11) is 2.83. The van der Waals surface area contributed by atoms with Crippen molar-refractivity contribution in [2.45, 2.75) is 24.1 Å². The van der Waals surface area contributed by atoms with E-state index in [0.717, 1.165) is 27.8 Å². The van der Waals surface area contributed by atoms with E-state index in [9.17, 15) is 9.59 Å². The van der Waals surface area contributed by atoms with Crippen LogP contribution in [0.1, 0.15) is 23.6 Å². The minimum absolute atomic E-state index is 0.0115. The number of nitrogens with zero attached hydrogens (tertiary/aromatic N) is 1. The second kappa shape index (κ2) is 8.47. The third-order valence-corrected chi connectivity index (χ3v) is 7.15. The molecule has 0 unspecified atom stereocenters.